The zero-order valence-electron chi connectivity index (χ0n) is 12.4. The van der Waals surface area contributed by atoms with Crippen LogP contribution in [0.3, 0.4) is 0 Å². The van der Waals surface area contributed by atoms with Crippen molar-refractivity contribution in [3.63, 3.8) is 0 Å². The van der Waals surface area contributed by atoms with Crippen LogP contribution in [0.15, 0.2) is 0 Å². The summed E-state index contributed by atoms with van der Waals surface area (Å²) in [7, 11) is 0. The number of ether oxygens (including phenoxy) is 1. The molecular weight excluding hydrogens is 228 g/mol. The van der Waals surface area contributed by atoms with Gasteiger partial charge in [-0.05, 0) is 40.2 Å². The van der Waals surface area contributed by atoms with Crippen molar-refractivity contribution in [2.45, 2.75) is 65.5 Å². The van der Waals surface area contributed by atoms with Gasteiger partial charge in [-0.1, -0.05) is 19.8 Å². The molecule has 0 saturated carbocycles. The van der Waals surface area contributed by atoms with E-state index in [1.54, 1.807) is 6.92 Å². The minimum Gasteiger partial charge on any atom is -0.465 e. The topological polar surface area (TPSA) is 55.6 Å². The van der Waals surface area contributed by atoms with Crippen molar-refractivity contribution in [1.82, 2.24) is 4.90 Å². The standard InChI is InChI=1S/C14H30N2O2/c1-5-7-8-10-16(12(3)4)11-9-13(15)14(17)18-6-2/h12-13H,5-11,15H2,1-4H3. The molecule has 0 heterocycles. The second-order valence-corrected chi connectivity index (χ2v) is 4.98. The number of carbonyl (C=O) groups is 1. The summed E-state index contributed by atoms with van der Waals surface area (Å²) in [6.45, 7) is 10.7. The first kappa shape index (κ1) is 17.4. The Morgan fingerprint density at radius 2 is 1.89 bits per heavy atom. The molecule has 1 atom stereocenters. The molecule has 0 fully saturated rings. The third-order valence-corrected chi connectivity index (χ3v) is 3.10. The molecule has 1 unspecified atom stereocenters. The van der Waals surface area contributed by atoms with Crippen molar-refractivity contribution in [3.8, 4) is 0 Å². The average Bonchev–Trinajstić information content (AvgIpc) is 2.33. The summed E-state index contributed by atoms with van der Waals surface area (Å²) < 4.78 is 4.91. The highest BCUT2D eigenvalue weighted by atomic mass is 16.5. The van der Waals surface area contributed by atoms with E-state index in [0.717, 1.165) is 13.1 Å². The SMILES string of the molecule is CCCCCN(CCC(N)C(=O)OCC)C(C)C. The first-order chi connectivity index (χ1) is 8.52. The smallest absolute Gasteiger partial charge is 0.322 e. The van der Waals surface area contributed by atoms with Gasteiger partial charge in [0.15, 0.2) is 0 Å². The Hall–Kier alpha value is -0.610. The molecule has 0 aliphatic carbocycles. The average molecular weight is 258 g/mol. The lowest BCUT2D eigenvalue weighted by Crippen LogP contribution is -2.39. The molecule has 4 heteroatoms. The number of hydrogen-bond acceptors (Lipinski definition) is 4. The van der Waals surface area contributed by atoms with Crippen molar-refractivity contribution in [2.24, 2.45) is 5.73 Å². The maximum Gasteiger partial charge on any atom is 0.322 e. The maximum atomic E-state index is 11.4. The summed E-state index contributed by atoms with van der Waals surface area (Å²) in [5.41, 5.74) is 5.81. The molecule has 0 aromatic heterocycles. The van der Waals surface area contributed by atoms with Gasteiger partial charge in [0, 0.05) is 12.6 Å². The van der Waals surface area contributed by atoms with E-state index in [1.807, 2.05) is 0 Å². The van der Waals surface area contributed by atoms with Crippen LogP contribution in [-0.2, 0) is 9.53 Å². The highest BCUT2D eigenvalue weighted by molar-refractivity contribution is 5.75. The molecular formula is C14H30N2O2. The van der Waals surface area contributed by atoms with Crippen molar-refractivity contribution in [2.75, 3.05) is 19.7 Å². The molecule has 0 amide bonds. The van der Waals surface area contributed by atoms with Crippen LogP contribution < -0.4 is 5.73 Å². The van der Waals surface area contributed by atoms with Gasteiger partial charge in [-0.15, -0.1) is 0 Å². The van der Waals surface area contributed by atoms with E-state index in [4.69, 9.17) is 10.5 Å². The zero-order valence-corrected chi connectivity index (χ0v) is 12.4. The quantitative estimate of drug-likeness (QED) is 0.482. The summed E-state index contributed by atoms with van der Waals surface area (Å²) in [6.07, 6.45) is 4.37. The minimum atomic E-state index is -0.489. The summed E-state index contributed by atoms with van der Waals surface area (Å²) in [6, 6.07) is 0.00799. The highest BCUT2D eigenvalue weighted by Gasteiger charge is 2.17. The number of unbranched alkanes of at least 4 members (excludes halogenated alkanes) is 2. The Bertz CT molecular complexity index is 220. The van der Waals surface area contributed by atoms with E-state index < -0.39 is 6.04 Å². The van der Waals surface area contributed by atoms with Gasteiger partial charge in [0.25, 0.3) is 0 Å². The molecule has 2 N–H and O–H groups in total. The summed E-state index contributed by atoms with van der Waals surface area (Å²) in [4.78, 5) is 13.8. The lowest BCUT2D eigenvalue weighted by Gasteiger charge is -2.27. The lowest BCUT2D eigenvalue weighted by molar-refractivity contribution is -0.144. The normalized spacial score (nSPS) is 13.1. The largest absolute Gasteiger partial charge is 0.465 e. The highest BCUT2D eigenvalue weighted by Crippen LogP contribution is 2.05. The van der Waals surface area contributed by atoms with Gasteiger partial charge in [0.05, 0.1) is 6.61 Å². The third-order valence-electron chi connectivity index (χ3n) is 3.10. The van der Waals surface area contributed by atoms with Crippen LogP contribution in [0.1, 0.15) is 53.4 Å². The van der Waals surface area contributed by atoms with Gasteiger partial charge >= 0.3 is 5.97 Å². The Morgan fingerprint density at radius 1 is 1.22 bits per heavy atom. The molecule has 0 saturated heterocycles. The zero-order chi connectivity index (χ0) is 14.0. The molecule has 0 spiro atoms. The molecule has 0 aromatic carbocycles. The van der Waals surface area contributed by atoms with Crippen LogP contribution in [-0.4, -0.2) is 42.6 Å². The Morgan fingerprint density at radius 3 is 2.39 bits per heavy atom. The fraction of sp³-hybridized carbons (Fsp3) is 0.929. The molecule has 108 valence electrons. The minimum absolute atomic E-state index is 0.283. The van der Waals surface area contributed by atoms with Crippen LogP contribution in [0.4, 0.5) is 0 Å². The Balaban J connectivity index is 3.98. The summed E-state index contributed by atoms with van der Waals surface area (Å²) in [5, 5.41) is 0. The Labute approximate surface area is 112 Å². The fourth-order valence-electron chi connectivity index (χ4n) is 1.87. The molecule has 0 radical (unpaired) electrons. The van der Waals surface area contributed by atoms with E-state index in [2.05, 4.69) is 25.7 Å². The number of nitrogens with zero attached hydrogens (tertiary/aromatic N) is 1. The van der Waals surface area contributed by atoms with Gasteiger partial charge in [0.1, 0.15) is 6.04 Å². The van der Waals surface area contributed by atoms with E-state index in [0.29, 0.717) is 19.1 Å². The third kappa shape index (κ3) is 7.67. The van der Waals surface area contributed by atoms with Gasteiger partial charge in [-0.2, -0.15) is 0 Å². The van der Waals surface area contributed by atoms with E-state index in [1.165, 1.54) is 19.3 Å². The predicted octanol–water partition coefficient (Wildman–Crippen LogP) is 2.17. The first-order valence-corrected chi connectivity index (χ1v) is 7.19. The second kappa shape index (κ2) is 10.3. The monoisotopic (exact) mass is 258 g/mol. The van der Waals surface area contributed by atoms with Gasteiger partial charge in [-0.3, -0.25) is 4.79 Å². The van der Waals surface area contributed by atoms with Crippen LogP contribution in [0, 0.1) is 0 Å². The number of hydrogen-bond donors (Lipinski definition) is 1. The van der Waals surface area contributed by atoms with Crippen LogP contribution >= 0.6 is 0 Å². The van der Waals surface area contributed by atoms with Gasteiger partial charge < -0.3 is 15.4 Å². The molecule has 0 aliphatic heterocycles. The van der Waals surface area contributed by atoms with E-state index >= 15 is 0 Å². The van der Waals surface area contributed by atoms with Crippen molar-refractivity contribution in [1.29, 1.82) is 0 Å². The van der Waals surface area contributed by atoms with Gasteiger partial charge in [-0.25, -0.2) is 0 Å². The van der Waals surface area contributed by atoms with Crippen molar-refractivity contribution < 1.29 is 9.53 Å². The van der Waals surface area contributed by atoms with Crippen LogP contribution in [0.5, 0.6) is 0 Å². The summed E-state index contributed by atoms with van der Waals surface area (Å²) >= 11 is 0. The molecule has 0 bridgehead atoms. The molecule has 4 nitrogen and oxygen atoms in total. The van der Waals surface area contributed by atoms with Crippen molar-refractivity contribution in [3.05, 3.63) is 0 Å². The number of rotatable bonds is 10. The Kier molecular flexibility index (Phi) is 9.98. The van der Waals surface area contributed by atoms with Gasteiger partial charge in [0.2, 0.25) is 0 Å². The second-order valence-electron chi connectivity index (χ2n) is 4.98. The fourth-order valence-corrected chi connectivity index (χ4v) is 1.87. The van der Waals surface area contributed by atoms with E-state index in [9.17, 15) is 4.79 Å². The number of esters is 1. The molecule has 0 aromatic rings. The lowest BCUT2D eigenvalue weighted by atomic mass is 10.1. The molecule has 0 rings (SSSR count). The van der Waals surface area contributed by atoms with E-state index in [-0.39, 0.29) is 5.97 Å². The number of nitrogens with two attached hydrogens (primary N) is 1. The van der Waals surface area contributed by atoms with Crippen molar-refractivity contribution >= 4 is 5.97 Å². The molecule has 18 heavy (non-hydrogen) atoms. The molecule has 0 aliphatic rings. The summed E-state index contributed by atoms with van der Waals surface area (Å²) in [5.74, 6) is -0.283. The maximum absolute atomic E-state index is 11.4. The van der Waals surface area contributed by atoms with Crippen LogP contribution in [0.2, 0.25) is 0 Å². The predicted molar refractivity (Wildman–Crippen MR) is 75.5 cm³/mol. The van der Waals surface area contributed by atoms with Crippen LogP contribution in [0.25, 0.3) is 0 Å². The first-order valence-electron chi connectivity index (χ1n) is 7.19. The number of carbonyl (C=O) groups excluding carboxylic acids is 1.